The first-order chi connectivity index (χ1) is 17.2. The number of hydrogen-bond acceptors (Lipinski definition) is 8. The number of fused-ring (bicyclic) bond motifs is 3. The van der Waals surface area contributed by atoms with Gasteiger partial charge in [0.25, 0.3) is 0 Å². The van der Waals surface area contributed by atoms with Crippen LogP contribution in [0.4, 0.5) is 15.9 Å². The highest BCUT2D eigenvalue weighted by Gasteiger charge is 2.35. The minimum Gasteiger partial charge on any atom is -0.314 e. The highest BCUT2D eigenvalue weighted by molar-refractivity contribution is 7.10. The Morgan fingerprint density at radius 3 is 2.63 bits per heavy atom. The van der Waals surface area contributed by atoms with Gasteiger partial charge in [-0.2, -0.15) is 9.64 Å². The summed E-state index contributed by atoms with van der Waals surface area (Å²) in [6.45, 7) is 2.09. The van der Waals surface area contributed by atoms with Crippen molar-refractivity contribution in [3.05, 3.63) is 84.5 Å². The van der Waals surface area contributed by atoms with Crippen molar-refractivity contribution in [2.24, 2.45) is 0 Å². The second-order valence-corrected chi connectivity index (χ2v) is 8.79. The molecule has 5 aromatic rings. The number of aromatic nitrogens is 6. The van der Waals surface area contributed by atoms with Crippen molar-refractivity contribution in [1.29, 1.82) is 5.26 Å². The zero-order chi connectivity index (χ0) is 23.9. The lowest BCUT2D eigenvalue weighted by Gasteiger charge is -2.36. The smallest absolute Gasteiger partial charge is 0.164 e. The Bertz CT molecular complexity index is 1570. The fourth-order valence-corrected chi connectivity index (χ4v) is 5.08. The van der Waals surface area contributed by atoms with Crippen molar-refractivity contribution < 1.29 is 4.39 Å². The Labute approximate surface area is 204 Å². The number of halogens is 1. The summed E-state index contributed by atoms with van der Waals surface area (Å²) in [4.78, 5) is 12.6. The second kappa shape index (κ2) is 8.38. The van der Waals surface area contributed by atoms with E-state index < -0.39 is 0 Å². The highest BCUT2D eigenvalue weighted by Crippen LogP contribution is 2.44. The largest absolute Gasteiger partial charge is 0.314 e. The predicted molar refractivity (Wildman–Crippen MR) is 130 cm³/mol. The molecule has 8 nitrogen and oxygen atoms in total. The Kier molecular flexibility index (Phi) is 5.04. The summed E-state index contributed by atoms with van der Waals surface area (Å²) in [7, 11) is 0. The van der Waals surface area contributed by atoms with Gasteiger partial charge in [-0.25, -0.2) is 14.4 Å². The quantitative estimate of drug-likeness (QED) is 0.337. The van der Waals surface area contributed by atoms with Crippen LogP contribution in [-0.4, -0.2) is 29.1 Å². The minimum absolute atomic E-state index is 0.113. The van der Waals surface area contributed by atoms with Crippen LogP contribution in [0.3, 0.4) is 0 Å². The van der Waals surface area contributed by atoms with Crippen molar-refractivity contribution in [3.63, 3.8) is 0 Å². The maximum absolute atomic E-state index is 13.5. The monoisotopic (exact) mass is 480 g/mol. The molecule has 0 amide bonds. The van der Waals surface area contributed by atoms with E-state index >= 15 is 0 Å². The van der Waals surface area contributed by atoms with Gasteiger partial charge in [-0.05, 0) is 59.9 Å². The molecular formula is C25H17FN8S. The molecule has 0 radical (unpaired) electrons. The fraction of sp³-hybridized carbons (Fsp3) is 0.120. The molecule has 1 atom stereocenters. The fourth-order valence-electron chi connectivity index (χ4n) is 4.34. The molecule has 2 aromatic carbocycles. The van der Waals surface area contributed by atoms with Gasteiger partial charge in [0.2, 0.25) is 0 Å². The van der Waals surface area contributed by atoms with Gasteiger partial charge < -0.3 is 4.90 Å². The highest BCUT2D eigenvalue weighted by atomic mass is 32.1. The van der Waals surface area contributed by atoms with Crippen molar-refractivity contribution in [2.75, 3.05) is 4.90 Å². The van der Waals surface area contributed by atoms with Crippen LogP contribution < -0.4 is 4.90 Å². The molecule has 0 N–H and O–H groups in total. The third kappa shape index (κ3) is 3.45. The molecule has 0 bridgehead atoms. The minimum atomic E-state index is -0.293. The first-order valence-electron chi connectivity index (χ1n) is 11.0. The SMILES string of the molecule is CC[C@@H]1c2nncn2-c2cnc(-c3cnsc3-c3ccc(F)cc3)nc2N1c1ccc(C#N)cc1. The first-order valence-corrected chi connectivity index (χ1v) is 11.7. The van der Waals surface area contributed by atoms with Crippen LogP contribution in [0.2, 0.25) is 0 Å². The molecule has 0 aliphatic carbocycles. The summed E-state index contributed by atoms with van der Waals surface area (Å²) in [5, 5.41) is 17.8. The van der Waals surface area contributed by atoms with Crippen LogP contribution in [0.5, 0.6) is 0 Å². The molecule has 4 heterocycles. The van der Waals surface area contributed by atoms with Gasteiger partial charge in [-0.15, -0.1) is 10.2 Å². The lowest BCUT2D eigenvalue weighted by atomic mass is 10.1. The zero-order valence-corrected chi connectivity index (χ0v) is 19.3. The van der Waals surface area contributed by atoms with Gasteiger partial charge in [0.15, 0.2) is 17.5 Å². The number of benzene rings is 2. The lowest BCUT2D eigenvalue weighted by Crippen LogP contribution is -2.32. The molecule has 3 aromatic heterocycles. The molecule has 10 heteroatoms. The van der Waals surface area contributed by atoms with Crippen molar-refractivity contribution >= 4 is 23.0 Å². The van der Waals surface area contributed by atoms with E-state index in [2.05, 4.69) is 37.4 Å². The zero-order valence-electron chi connectivity index (χ0n) is 18.5. The van der Waals surface area contributed by atoms with Crippen molar-refractivity contribution in [2.45, 2.75) is 19.4 Å². The van der Waals surface area contributed by atoms with E-state index in [9.17, 15) is 9.65 Å². The Morgan fingerprint density at radius 1 is 1.09 bits per heavy atom. The van der Waals surface area contributed by atoms with Gasteiger partial charge in [0.05, 0.1) is 40.5 Å². The number of nitriles is 1. The second-order valence-electron chi connectivity index (χ2n) is 7.99. The van der Waals surface area contributed by atoms with Crippen LogP contribution in [0.1, 0.15) is 30.8 Å². The molecule has 1 aliphatic rings. The molecule has 0 unspecified atom stereocenters. The summed E-state index contributed by atoms with van der Waals surface area (Å²) >= 11 is 1.32. The summed E-state index contributed by atoms with van der Waals surface area (Å²) in [5.41, 5.74) is 3.85. The van der Waals surface area contributed by atoms with Crippen molar-refractivity contribution in [3.8, 4) is 33.6 Å². The number of anilines is 2. The van der Waals surface area contributed by atoms with Gasteiger partial charge in [0, 0.05) is 5.69 Å². The van der Waals surface area contributed by atoms with Crippen LogP contribution in [0.15, 0.2) is 67.3 Å². The normalized spacial score (nSPS) is 14.3. The van der Waals surface area contributed by atoms with Crippen LogP contribution in [0.25, 0.3) is 27.5 Å². The lowest BCUT2D eigenvalue weighted by molar-refractivity contribution is 0.590. The molecule has 0 saturated heterocycles. The maximum Gasteiger partial charge on any atom is 0.164 e. The number of hydrogen-bond donors (Lipinski definition) is 0. The Hall–Kier alpha value is -4.49. The van der Waals surface area contributed by atoms with Crippen LogP contribution in [-0.2, 0) is 0 Å². The van der Waals surface area contributed by atoms with Crippen LogP contribution >= 0.6 is 11.5 Å². The Balaban J connectivity index is 1.53. The molecule has 170 valence electrons. The molecule has 35 heavy (non-hydrogen) atoms. The summed E-state index contributed by atoms with van der Waals surface area (Å²) in [6, 6.07) is 15.8. The third-order valence-electron chi connectivity index (χ3n) is 6.00. The van der Waals surface area contributed by atoms with E-state index in [1.807, 2.05) is 16.7 Å². The average Bonchev–Trinajstić information content (AvgIpc) is 3.58. The van der Waals surface area contributed by atoms with E-state index in [1.165, 1.54) is 23.7 Å². The molecule has 0 spiro atoms. The first kappa shape index (κ1) is 21.1. The maximum atomic E-state index is 13.5. The summed E-state index contributed by atoms with van der Waals surface area (Å²) in [5.74, 6) is 1.72. The average molecular weight is 481 g/mol. The predicted octanol–water partition coefficient (Wildman–Crippen LogP) is 5.46. The molecule has 0 fully saturated rings. The number of rotatable bonds is 4. The van der Waals surface area contributed by atoms with Crippen LogP contribution in [0, 0.1) is 17.1 Å². The Morgan fingerprint density at radius 2 is 1.89 bits per heavy atom. The van der Waals surface area contributed by atoms with Gasteiger partial charge in [-0.1, -0.05) is 19.1 Å². The summed E-state index contributed by atoms with van der Waals surface area (Å²) < 4.78 is 19.8. The summed E-state index contributed by atoms with van der Waals surface area (Å²) in [6.07, 6.45) is 5.94. The van der Waals surface area contributed by atoms with E-state index in [0.29, 0.717) is 17.2 Å². The van der Waals surface area contributed by atoms with Crippen molar-refractivity contribution in [1.82, 2.24) is 29.1 Å². The molecule has 0 saturated carbocycles. The van der Waals surface area contributed by atoms with Gasteiger partial charge >= 0.3 is 0 Å². The molecule has 1 aliphatic heterocycles. The topological polar surface area (TPSA) is 96.4 Å². The van der Waals surface area contributed by atoms with Gasteiger partial charge in [-0.3, -0.25) is 4.57 Å². The van der Waals surface area contributed by atoms with Gasteiger partial charge in [0.1, 0.15) is 17.8 Å². The van der Waals surface area contributed by atoms with E-state index in [4.69, 9.17) is 4.98 Å². The van der Waals surface area contributed by atoms with E-state index in [-0.39, 0.29) is 11.9 Å². The van der Waals surface area contributed by atoms with E-state index in [1.54, 1.807) is 43.0 Å². The molecular weight excluding hydrogens is 463 g/mol. The number of nitrogens with zero attached hydrogens (tertiary/aromatic N) is 8. The third-order valence-corrected chi connectivity index (χ3v) is 6.85. The standard InChI is InChI=1S/C25H17FN8S/c1-2-20-25-32-29-14-33(25)21-13-28-23(19-12-30-35-22(19)16-5-7-17(26)8-6-16)31-24(21)34(20)18-9-3-15(11-27)4-10-18/h3-10,12-14,20H,2H2,1H3/t20-/m1/s1. The van der Waals surface area contributed by atoms with E-state index in [0.717, 1.165) is 39.6 Å². The molecule has 6 rings (SSSR count).